The fraction of sp³-hybridized carbons (Fsp3) is 0.368. The van der Waals surface area contributed by atoms with E-state index in [0.717, 1.165) is 17.4 Å². The van der Waals surface area contributed by atoms with Gasteiger partial charge < -0.3 is 4.90 Å². The fourth-order valence-corrected chi connectivity index (χ4v) is 3.64. The zero-order valence-corrected chi connectivity index (χ0v) is 16.1. The van der Waals surface area contributed by atoms with Crippen molar-refractivity contribution in [3.8, 4) is 5.69 Å². The van der Waals surface area contributed by atoms with Crippen molar-refractivity contribution in [3.63, 3.8) is 0 Å². The second-order valence-corrected chi connectivity index (χ2v) is 7.13. The van der Waals surface area contributed by atoms with Crippen LogP contribution < -0.4 is 5.69 Å². The second-order valence-electron chi connectivity index (χ2n) is 7.13. The van der Waals surface area contributed by atoms with Gasteiger partial charge in [0.25, 0.3) is 5.91 Å². The summed E-state index contributed by atoms with van der Waals surface area (Å²) in [6, 6.07) is 8.34. The monoisotopic (exact) mass is 420 g/mol. The van der Waals surface area contributed by atoms with Gasteiger partial charge in [0.15, 0.2) is 0 Å². The largest absolute Gasteiger partial charge is 0.451 e. The van der Waals surface area contributed by atoms with Gasteiger partial charge in [-0.2, -0.15) is 18.3 Å². The Morgan fingerprint density at radius 3 is 2.50 bits per heavy atom. The van der Waals surface area contributed by atoms with Crippen molar-refractivity contribution in [1.82, 2.24) is 29.0 Å². The van der Waals surface area contributed by atoms with E-state index in [4.69, 9.17) is 0 Å². The zero-order chi connectivity index (χ0) is 21.5. The molecule has 0 N–H and O–H groups in total. The molecule has 1 fully saturated rings. The van der Waals surface area contributed by atoms with Gasteiger partial charge >= 0.3 is 11.9 Å². The Morgan fingerprint density at radius 1 is 1.17 bits per heavy atom. The van der Waals surface area contributed by atoms with Crippen LogP contribution in [0.4, 0.5) is 13.2 Å². The smallest absolute Gasteiger partial charge is 0.338 e. The summed E-state index contributed by atoms with van der Waals surface area (Å²) in [6.45, 7) is 0.639. The SMILES string of the molecule is Cn1c(C(F)(F)F)nn(C2CCN(C(=O)c3cccc(-n4cccn4)c3)CC2)c1=O. The average Bonchev–Trinajstić information content (AvgIpc) is 3.37. The lowest BCUT2D eigenvalue weighted by Gasteiger charge is -2.31. The van der Waals surface area contributed by atoms with Gasteiger partial charge in [0, 0.05) is 38.1 Å². The van der Waals surface area contributed by atoms with Gasteiger partial charge in [-0.15, -0.1) is 5.10 Å². The van der Waals surface area contributed by atoms with E-state index in [-0.39, 0.29) is 5.91 Å². The molecule has 1 saturated heterocycles. The normalized spacial score (nSPS) is 15.5. The molecule has 30 heavy (non-hydrogen) atoms. The average molecular weight is 420 g/mol. The molecule has 1 aromatic carbocycles. The van der Waals surface area contributed by atoms with Crippen molar-refractivity contribution >= 4 is 5.91 Å². The number of rotatable bonds is 3. The van der Waals surface area contributed by atoms with Crippen LogP contribution >= 0.6 is 0 Å². The Balaban J connectivity index is 1.47. The van der Waals surface area contributed by atoms with E-state index in [1.165, 1.54) is 0 Å². The van der Waals surface area contributed by atoms with Crippen molar-refractivity contribution in [2.75, 3.05) is 13.1 Å². The van der Waals surface area contributed by atoms with E-state index in [0.29, 0.717) is 36.1 Å². The summed E-state index contributed by atoms with van der Waals surface area (Å²) in [7, 11) is 1.06. The molecule has 3 heterocycles. The number of carbonyl (C=O) groups is 1. The van der Waals surface area contributed by atoms with Crippen LogP contribution in [0, 0.1) is 0 Å². The summed E-state index contributed by atoms with van der Waals surface area (Å²) < 4.78 is 42.1. The summed E-state index contributed by atoms with van der Waals surface area (Å²) in [5.74, 6) is -1.40. The Morgan fingerprint density at radius 2 is 1.90 bits per heavy atom. The molecule has 0 saturated carbocycles. The molecular weight excluding hydrogens is 401 g/mol. The molecule has 1 aliphatic heterocycles. The van der Waals surface area contributed by atoms with E-state index in [1.807, 2.05) is 6.07 Å². The lowest BCUT2D eigenvalue weighted by molar-refractivity contribution is -0.147. The fourth-order valence-electron chi connectivity index (χ4n) is 3.64. The number of amides is 1. The molecule has 1 aliphatic rings. The number of likely N-dealkylation sites (tertiary alicyclic amines) is 1. The first-order chi connectivity index (χ1) is 14.3. The van der Waals surface area contributed by atoms with E-state index >= 15 is 0 Å². The highest BCUT2D eigenvalue weighted by atomic mass is 19.4. The summed E-state index contributed by atoms with van der Waals surface area (Å²) in [6.07, 6.45) is -0.592. The number of halogens is 3. The third-order valence-electron chi connectivity index (χ3n) is 5.22. The van der Waals surface area contributed by atoms with Crippen LogP contribution in [0.5, 0.6) is 0 Å². The number of piperidine rings is 1. The van der Waals surface area contributed by atoms with Crippen LogP contribution in [0.1, 0.15) is 35.1 Å². The maximum absolute atomic E-state index is 13.0. The number of carbonyl (C=O) groups excluding carboxylic acids is 1. The Bertz CT molecular complexity index is 1110. The van der Waals surface area contributed by atoms with E-state index in [1.54, 1.807) is 46.2 Å². The highest BCUT2D eigenvalue weighted by molar-refractivity contribution is 5.94. The summed E-state index contributed by atoms with van der Waals surface area (Å²) >= 11 is 0. The number of nitrogens with zero attached hydrogens (tertiary/aromatic N) is 6. The molecule has 0 spiro atoms. The molecule has 158 valence electrons. The standard InChI is InChI=1S/C19H19F3N6O2/c1-25-17(19(20,21)22)24-28(18(25)30)14-6-10-26(11-7-14)16(29)13-4-2-5-15(12-13)27-9-3-8-23-27/h2-5,8-9,12,14H,6-7,10-11H2,1H3. The van der Waals surface area contributed by atoms with Crippen LogP contribution in [0.3, 0.4) is 0 Å². The lowest BCUT2D eigenvalue weighted by atomic mass is 10.0. The van der Waals surface area contributed by atoms with Gasteiger partial charge in [-0.1, -0.05) is 6.07 Å². The van der Waals surface area contributed by atoms with E-state index < -0.39 is 23.7 Å². The van der Waals surface area contributed by atoms with Crippen LogP contribution in [0.2, 0.25) is 0 Å². The maximum Gasteiger partial charge on any atom is 0.451 e. The van der Waals surface area contributed by atoms with Crippen LogP contribution in [-0.2, 0) is 13.2 Å². The van der Waals surface area contributed by atoms with Crippen molar-refractivity contribution in [2.45, 2.75) is 25.1 Å². The summed E-state index contributed by atoms with van der Waals surface area (Å²) in [4.78, 5) is 26.7. The van der Waals surface area contributed by atoms with Crippen LogP contribution in [0.15, 0.2) is 47.5 Å². The quantitative estimate of drug-likeness (QED) is 0.651. The van der Waals surface area contributed by atoms with E-state index in [9.17, 15) is 22.8 Å². The van der Waals surface area contributed by atoms with Gasteiger partial charge in [0.1, 0.15) is 0 Å². The zero-order valence-electron chi connectivity index (χ0n) is 16.1. The Hall–Kier alpha value is -3.37. The van der Waals surface area contributed by atoms with Gasteiger partial charge in [-0.05, 0) is 37.1 Å². The third kappa shape index (κ3) is 3.62. The number of aromatic nitrogens is 5. The summed E-state index contributed by atoms with van der Waals surface area (Å²) in [5.41, 5.74) is 0.440. The van der Waals surface area contributed by atoms with Gasteiger partial charge in [0.2, 0.25) is 5.82 Å². The molecule has 3 aromatic rings. The number of benzene rings is 1. The predicted molar refractivity (Wildman–Crippen MR) is 100 cm³/mol. The number of hydrogen-bond acceptors (Lipinski definition) is 4. The third-order valence-corrected chi connectivity index (χ3v) is 5.22. The molecule has 0 radical (unpaired) electrons. The second kappa shape index (κ2) is 7.47. The van der Waals surface area contributed by atoms with Crippen LogP contribution in [0.25, 0.3) is 5.69 Å². The minimum atomic E-state index is -4.70. The highest BCUT2D eigenvalue weighted by Gasteiger charge is 2.39. The summed E-state index contributed by atoms with van der Waals surface area (Å²) in [5, 5.41) is 7.65. The molecule has 1 amide bonds. The molecule has 2 aromatic heterocycles. The van der Waals surface area contributed by atoms with Crippen molar-refractivity contribution in [1.29, 1.82) is 0 Å². The van der Waals surface area contributed by atoms with E-state index in [2.05, 4.69) is 10.2 Å². The predicted octanol–water partition coefficient (Wildman–Crippen LogP) is 2.26. The number of alkyl halides is 3. The molecule has 4 rings (SSSR count). The topological polar surface area (TPSA) is 78.0 Å². The minimum absolute atomic E-state index is 0.174. The molecule has 0 bridgehead atoms. The Labute approximate surface area is 169 Å². The van der Waals surface area contributed by atoms with Crippen molar-refractivity contribution in [2.24, 2.45) is 7.05 Å². The molecular formula is C19H19F3N6O2. The van der Waals surface area contributed by atoms with Gasteiger partial charge in [0.05, 0.1) is 11.7 Å². The highest BCUT2D eigenvalue weighted by Crippen LogP contribution is 2.28. The first-order valence-corrected chi connectivity index (χ1v) is 9.38. The maximum atomic E-state index is 13.0. The molecule has 11 heteroatoms. The van der Waals surface area contributed by atoms with Gasteiger partial charge in [-0.25, -0.2) is 14.2 Å². The van der Waals surface area contributed by atoms with Crippen molar-refractivity contribution in [3.05, 3.63) is 64.6 Å². The van der Waals surface area contributed by atoms with Crippen LogP contribution in [-0.4, -0.2) is 48.0 Å². The molecule has 0 atom stereocenters. The number of hydrogen-bond donors (Lipinski definition) is 0. The molecule has 0 unspecified atom stereocenters. The Kier molecular flexibility index (Phi) is 4.96. The first kappa shape index (κ1) is 19.9. The molecule has 0 aliphatic carbocycles. The van der Waals surface area contributed by atoms with Gasteiger partial charge in [-0.3, -0.25) is 9.36 Å². The molecule has 8 nitrogen and oxygen atoms in total. The van der Waals surface area contributed by atoms with Crippen molar-refractivity contribution < 1.29 is 18.0 Å². The lowest BCUT2D eigenvalue weighted by Crippen LogP contribution is -2.41. The minimum Gasteiger partial charge on any atom is -0.338 e. The first-order valence-electron chi connectivity index (χ1n) is 9.38.